The van der Waals surface area contributed by atoms with Crippen molar-refractivity contribution in [2.75, 3.05) is 58.9 Å². The third-order valence-corrected chi connectivity index (χ3v) is 5.18. The van der Waals surface area contributed by atoms with Crippen LogP contribution in [0.5, 0.6) is 0 Å². The number of nitro benzene ring substituents is 1. The summed E-state index contributed by atoms with van der Waals surface area (Å²) in [4.78, 5) is 51.1. The van der Waals surface area contributed by atoms with Crippen LogP contribution in [0.1, 0.15) is 30.1 Å². The number of nitrogens with zero attached hydrogens (tertiary/aromatic N) is 3. The number of esters is 1. The lowest BCUT2D eigenvalue weighted by atomic mass is 9.98. The number of hydrogen-bond acceptors (Lipinski definition) is 8. The average molecular weight is 450 g/mol. The van der Waals surface area contributed by atoms with Gasteiger partial charge in [-0.1, -0.05) is 0 Å². The fourth-order valence-corrected chi connectivity index (χ4v) is 3.50. The van der Waals surface area contributed by atoms with Crippen LogP contribution in [-0.4, -0.2) is 86.1 Å². The highest BCUT2D eigenvalue weighted by Gasteiger charge is 2.30. The molecule has 0 aromatic heterocycles. The summed E-state index contributed by atoms with van der Waals surface area (Å²) in [6, 6.07) is 4.13. The molecule has 1 saturated heterocycles. The van der Waals surface area contributed by atoms with Crippen molar-refractivity contribution < 1.29 is 28.8 Å². The van der Waals surface area contributed by atoms with Gasteiger partial charge in [-0.2, -0.15) is 0 Å². The van der Waals surface area contributed by atoms with Crippen LogP contribution in [0.2, 0.25) is 0 Å². The van der Waals surface area contributed by atoms with Gasteiger partial charge in [0, 0.05) is 45.4 Å². The van der Waals surface area contributed by atoms with Crippen molar-refractivity contribution >= 4 is 29.2 Å². The van der Waals surface area contributed by atoms with E-state index in [1.165, 1.54) is 37.3 Å². The third-order valence-electron chi connectivity index (χ3n) is 5.18. The van der Waals surface area contributed by atoms with E-state index in [0.29, 0.717) is 32.5 Å². The minimum atomic E-state index is -0.569. The normalized spacial score (nSPS) is 15.7. The average Bonchev–Trinajstić information content (AvgIpc) is 2.79. The van der Waals surface area contributed by atoms with Crippen molar-refractivity contribution in [3.05, 3.63) is 33.9 Å². The Morgan fingerprint density at radius 3 is 2.75 bits per heavy atom. The van der Waals surface area contributed by atoms with Crippen LogP contribution in [0.25, 0.3) is 0 Å². The second-order valence-corrected chi connectivity index (χ2v) is 7.50. The minimum Gasteiger partial charge on any atom is -0.466 e. The van der Waals surface area contributed by atoms with Gasteiger partial charge in [-0.05, 0) is 31.9 Å². The summed E-state index contributed by atoms with van der Waals surface area (Å²) >= 11 is 0. The Labute approximate surface area is 186 Å². The predicted octanol–water partition coefficient (Wildman–Crippen LogP) is 1.53. The van der Waals surface area contributed by atoms with Crippen LogP contribution in [0.15, 0.2) is 18.2 Å². The van der Waals surface area contributed by atoms with Crippen LogP contribution < -0.4 is 5.32 Å². The number of methoxy groups -OCH3 is 1. The minimum absolute atomic E-state index is 0.104. The number of nitro groups is 1. The van der Waals surface area contributed by atoms with Gasteiger partial charge in [0.25, 0.3) is 11.6 Å². The van der Waals surface area contributed by atoms with Crippen molar-refractivity contribution in [1.29, 1.82) is 0 Å². The van der Waals surface area contributed by atoms with Crippen LogP contribution >= 0.6 is 0 Å². The molecular formula is C21H30N4O7. The number of ether oxygens (including phenoxy) is 2. The molecular weight excluding hydrogens is 420 g/mol. The SMILES string of the molecule is CCOC(=O)C1CCCN(C(=O)CN(C)C(=O)c2ccc(NCCOC)c([N+](=O)[O-])c2)C1. The lowest BCUT2D eigenvalue weighted by molar-refractivity contribution is -0.384. The molecule has 0 radical (unpaired) electrons. The number of carbonyl (C=O) groups excluding carboxylic acids is 3. The standard InChI is InChI=1S/C21H30N4O7/c1-4-32-21(28)16-6-5-10-24(13-16)19(26)14-23(2)20(27)15-7-8-17(22-9-11-31-3)18(12-15)25(29)30/h7-8,12,16,22H,4-6,9-11,13-14H2,1-3H3. The molecule has 176 valence electrons. The van der Waals surface area contributed by atoms with Crippen LogP contribution in [0.4, 0.5) is 11.4 Å². The largest absolute Gasteiger partial charge is 0.466 e. The van der Waals surface area contributed by atoms with E-state index in [-0.39, 0.29) is 54.4 Å². The monoisotopic (exact) mass is 450 g/mol. The lowest BCUT2D eigenvalue weighted by Gasteiger charge is -2.32. The number of likely N-dealkylation sites (N-methyl/N-ethyl adjacent to an activating group) is 1. The molecule has 0 saturated carbocycles. The zero-order chi connectivity index (χ0) is 23.7. The third kappa shape index (κ3) is 6.64. The molecule has 11 nitrogen and oxygen atoms in total. The van der Waals surface area contributed by atoms with Gasteiger partial charge < -0.3 is 24.6 Å². The Kier molecular flexibility index (Phi) is 9.39. The van der Waals surface area contributed by atoms with Gasteiger partial charge in [-0.15, -0.1) is 0 Å². The van der Waals surface area contributed by atoms with Crippen LogP contribution in [-0.2, 0) is 19.1 Å². The fourth-order valence-electron chi connectivity index (χ4n) is 3.50. The van der Waals surface area contributed by atoms with Gasteiger partial charge in [0.15, 0.2) is 0 Å². The highest BCUT2D eigenvalue weighted by molar-refractivity contribution is 5.97. The Morgan fingerprint density at radius 1 is 1.34 bits per heavy atom. The first-order valence-corrected chi connectivity index (χ1v) is 10.5. The highest BCUT2D eigenvalue weighted by Crippen LogP contribution is 2.26. The van der Waals surface area contributed by atoms with E-state index in [1.807, 2.05) is 0 Å². The van der Waals surface area contributed by atoms with E-state index in [9.17, 15) is 24.5 Å². The van der Waals surface area contributed by atoms with E-state index in [2.05, 4.69) is 5.32 Å². The summed E-state index contributed by atoms with van der Waals surface area (Å²) in [6.07, 6.45) is 1.34. The molecule has 1 fully saturated rings. The van der Waals surface area contributed by atoms with Gasteiger partial charge in [-0.25, -0.2) is 0 Å². The molecule has 0 bridgehead atoms. The molecule has 1 unspecified atom stereocenters. The molecule has 2 amide bonds. The Hall–Kier alpha value is -3.21. The van der Waals surface area contributed by atoms with Crippen molar-refractivity contribution in [3.63, 3.8) is 0 Å². The molecule has 1 N–H and O–H groups in total. The molecule has 32 heavy (non-hydrogen) atoms. The Morgan fingerprint density at radius 2 is 2.09 bits per heavy atom. The van der Waals surface area contributed by atoms with Crippen molar-refractivity contribution in [3.8, 4) is 0 Å². The first kappa shape index (κ1) is 25.1. The highest BCUT2D eigenvalue weighted by atomic mass is 16.6. The number of anilines is 1. The molecule has 11 heteroatoms. The van der Waals surface area contributed by atoms with E-state index in [0.717, 1.165) is 0 Å². The number of rotatable bonds is 10. The Bertz CT molecular complexity index is 845. The Balaban J connectivity index is 2.03. The predicted molar refractivity (Wildman–Crippen MR) is 116 cm³/mol. The maximum Gasteiger partial charge on any atom is 0.310 e. The van der Waals surface area contributed by atoms with E-state index >= 15 is 0 Å². The number of likely N-dealkylation sites (tertiary alicyclic amines) is 1. The van der Waals surface area contributed by atoms with E-state index < -0.39 is 10.8 Å². The van der Waals surface area contributed by atoms with Crippen molar-refractivity contribution in [2.45, 2.75) is 19.8 Å². The number of carbonyl (C=O) groups is 3. The first-order chi connectivity index (χ1) is 15.3. The summed E-state index contributed by atoms with van der Waals surface area (Å²) in [7, 11) is 2.99. The zero-order valence-corrected chi connectivity index (χ0v) is 18.7. The zero-order valence-electron chi connectivity index (χ0n) is 18.7. The summed E-state index contributed by atoms with van der Waals surface area (Å²) in [5.74, 6) is -1.48. The molecule has 1 aliphatic heterocycles. The van der Waals surface area contributed by atoms with Crippen molar-refractivity contribution in [1.82, 2.24) is 9.80 Å². The van der Waals surface area contributed by atoms with Crippen LogP contribution in [0, 0.1) is 16.0 Å². The maximum absolute atomic E-state index is 12.8. The molecule has 1 heterocycles. The number of benzene rings is 1. The summed E-state index contributed by atoms with van der Waals surface area (Å²) in [5.41, 5.74) is 0.146. The molecule has 0 spiro atoms. The number of nitrogens with one attached hydrogen (secondary N) is 1. The summed E-state index contributed by atoms with van der Waals surface area (Å²) < 4.78 is 9.97. The van der Waals surface area contributed by atoms with E-state index in [1.54, 1.807) is 11.8 Å². The number of amides is 2. The maximum atomic E-state index is 12.8. The van der Waals surface area contributed by atoms with E-state index in [4.69, 9.17) is 9.47 Å². The van der Waals surface area contributed by atoms with Gasteiger partial charge in [0.1, 0.15) is 5.69 Å². The summed E-state index contributed by atoms with van der Waals surface area (Å²) in [5, 5.41) is 14.3. The van der Waals surface area contributed by atoms with Gasteiger partial charge >= 0.3 is 5.97 Å². The molecule has 1 aromatic carbocycles. The molecule has 1 aliphatic rings. The number of piperidine rings is 1. The second-order valence-electron chi connectivity index (χ2n) is 7.50. The number of hydrogen-bond donors (Lipinski definition) is 1. The topological polar surface area (TPSA) is 131 Å². The first-order valence-electron chi connectivity index (χ1n) is 10.5. The van der Waals surface area contributed by atoms with Gasteiger partial charge in [0.2, 0.25) is 5.91 Å². The quantitative estimate of drug-likeness (QED) is 0.246. The second kappa shape index (κ2) is 12.0. The smallest absolute Gasteiger partial charge is 0.310 e. The molecule has 1 aromatic rings. The van der Waals surface area contributed by atoms with Gasteiger partial charge in [0.05, 0.1) is 30.6 Å². The summed E-state index contributed by atoms with van der Waals surface area (Å²) in [6.45, 7) is 3.33. The fraction of sp³-hybridized carbons (Fsp3) is 0.571. The van der Waals surface area contributed by atoms with Crippen LogP contribution in [0.3, 0.4) is 0 Å². The van der Waals surface area contributed by atoms with Gasteiger partial charge in [-0.3, -0.25) is 24.5 Å². The lowest BCUT2D eigenvalue weighted by Crippen LogP contribution is -2.47. The molecule has 2 rings (SSSR count). The molecule has 1 atom stereocenters. The van der Waals surface area contributed by atoms with Crippen molar-refractivity contribution in [2.24, 2.45) is 5.92 Å². The molecule has 0 aliphatic carbocycles.